The van der Waals surface area contributed by atoms with E-state index in [1.165, 1.54) is 5.01 Å². The van der Waals surface area contributed by atoms with Crippen molar-refractivity contribution >= 4 is 23.2 Å². The zero-order chi connectivity index (χ0) is 15.2. The largest absolute Gasteiger partial charge is 0.467 e. The predicted octanol–water partition coefficient (Wildman–Crippen LogP) is 0.952. The Labute approximate surface area is 127 Å². The zero-order valence-corrected chi connectivity index (χ0v) is 12.5. The van der Waals surface area contributed by atoms with E-state index in [4.69, 9.17) is 22.4 Å². The fourth-order valence-corrected chi connectivity index (χ4v) is 1.85. The highest BCUT2D eigenvalue weighted by molar-refractivity contribution is 7.80. The van der Waals surface area contributed by atoms with Crippen LogP contribution in [0.25, 0.3) is 0 Å². The summed E-state index contributed by atoms with van der Waals surface area (Å²) in [4.78, 5) is 11.9. The molecule has 0 aliphatic rings. The van der Waals surface area contributed by atoms with Crippen LogP contribution in [0.15, 0.2) is 35.2 Å². The maximum Gasteiger partial charge on any atom is 0.240 e. The summed E-state index contributed by atoms with van der Waals surface area (Å²) in [6, 6.07) is 3.54. The number of hydrogen-bond acceptors (Lipinski definition) is 4. The molecule has 0 saturated carbocycles. The maximum absolute atomic E-state index is 11.9. The van der Waals surface area contributed by atoms with Crippen molar-refractivity contribution < 1.29 is 9.21 Å². The molecule has 21 heavy (non-hydrogen) atoms. The molecule has 0 aliphatic carbocycles. The minimum Gasteiger partial charge on any atom is -0.467 e. The number of carbonyl (C=O) groups is 1. The molecule has 0 atom stereocenters. The van der Waals surface area contributed by atoms with Gasteiger partial charge in [-0.3, -0.25) is 19.9 Å². The topological polar surface area (TPSA) is 89.3 Å². The lowest BCUT2D eigenvalue weighted by Crippen LogP contribution is -2.48. The number of nitrogens with one attached hydrogen (secondary N) is 1. The average Bonchev–Trinajstić information content (AvgIpc) is 3.07. The van der Waals surface area contributed by atoms with Gasteiger partial charge in [-0.05, 0) is 36.8 Å². The van der Waals surface area contributed by atoms with Gasteiger partial charge in [-0.15, -0.1) is 0 Å². The van der Waals surface area contributed by atoms with Crippen LogP contribution in [0.3, 0.4) is 0 Å². The summed E-state index contributed by atoms with van der Waals surface area (Å²) in [5.41, 5.74) is 9.31. The van der Waals surface area contributed by atoms with Crippen LogP contribution in [0.2, 0.25) is 0 Å². The van der Waals surface area contributed by atoms with Crippen molar-refractivity contribution in [2.45, 2.75) is 26.4 Å². The van der Waals surface area contributed by atoms with Gasteiger partial charge in [0, 0.05) is 19.2 Å². The smallest absolute Gasteiger partial charge is 0.240 e. The van der Waals surface area contributed by atoms with Crippen molar-refractivity contribution in [2.75, 3.05) is 0 Å². The van der Waals surface area contributed by atoms with E-state index in [9.17, 15) is 4.79 Å². The summed E-state index contributed by atoms with van der Waals surface area (Å²) in [6.45, 7) is 2.72. The number of rotatable bonds is 5. The van der Waals surface area contributed by atoms with Crippen LogP contribution >= 0.6 is 12.2 Å². The molecule has 112 valence electrons. The number of aromatic nitrogens is 2. The van der Waals surface area contributed by atoms with Gasteiger partial charge in [0.05, 0.1) is 19.0 Å². The second-order valence-electron chi connectivity index (χ2n) is 4.57. The third-order valence-electron chi connectivity index (χ3n) is 2.75. The summed E-state index contributed by atoms with van der Waals surface area (Å²) < 4.78 is 6.92. The first-order chi connectivity index (χ1) is 10.0. The Morgan fingerprint density at radius 2 is 2.43 bits per heavy atom. The summed E-state index contributed by atoms with van der Waals surface area (Å²) >= 11 is 4.92. The van der Waals surface area contributed by atoms with Gasteiger partial charge in [-0.2, -0.15) is 5.10 Å². The van der Waals surface area contributed by atoms with Gasteiger partial charge in [-0.1, -0.05) is 0 Å². The Hall–Kier alpha value is -2.35. The first kappa shape index (κ1) is 15.0. The molecule has 2 heterocycles. The first-order valence-corrected chi connectivity index (χ1v) is 6.83. The Balaban J connectivity index is 1.84. The van der Waals surface area contributed by atoms with Gasteiger partial charge in [0.15, 0.2) is 5.11 Å². The third kappa shape index (κ3) is 4.60. The van der Waals surface area contributed by atoms with E-state index in [1.807, 2.05) is 13.1 Å². The molecule has 0 saturated heterocycles. The molecule has 0 radical (unpaired) electrons. The number of aryl methyl sites for hydroxylation is 2. The van der Waals surface area contributed by atoms with Crippen LogP contribution in [-0.2, 0) is 17.9 Å². The van der Waals surface area contributed by atoms with E-state index in [0.717, 1.165) is 5.56 Å². The summed E-state index contributed by atoms with van der Waals surface area (Å²) in [5, 5.41) is 5.58. The van der Waals surface area contributed by atoms with Crippen molar-refractivity contribution in [2.24, 2.45) is 5.73 Å². The van der Waals surface area contributed by atoms with E-state index < -0.39 is 0 Å². The predicted molar refractivity (Wildman–Crippen MR) is 80.8 cm³/mol. The molecule has 2 aromatic rings. The Kier molecular flexibility index (Phi) is 4.94. The highest BCUT2D eigenvalue weighted by atomic mass is 32.1. The minimum absolute atomic E-state index is 0.0784. The van der Waals surface area contributed by atoms with Crippen molar-refractivity contribution in [3.8, 4) is 0 Å². The molecule has 2 rings (SSSR count). The maximum atomic E-state index is 11.9. The normalized spacial score (nSPS) is 10.3. The Morgan fingerprint density at radius 1 is 1.62 bits per heavy atom. The van der Waals surface area contributed by atoms with E-state index in [1.54, 1.807) is 29.3 Å². The van der Waals surface area contributed by atoms with Gasteiger partial charge in [0.2, 0.25) is 5.91 Å². The molecule has 0 aliphatic heterocycles. The molecule has 2 aromatic heterocycles. The van der Waals surface area contributed by atoms with Gasteiger partial charge in [0.25, 0.3) is 0 Å². The van der Waals surface area contributed by atoms with Crippen molar-refractivity contribution in [3.05, 3.63) is 42.1 Å². The van der Waals surface area contributed by atoms with Crippen LogP contribution in [0.1, 0.15) is 17.7 Å². The van der Waals surface area contributed by atoms with Gasteiger partial charge >= 0.3 is 0 Å². The number of nitrogens with zero attached hydrogens (tertiary/aromatic N) is 3. The molecule has 0 unspecified atom stereocenters. The highest BCUT2D eigenvalue weighted by Gasteiger charge is 2.12. The molecule has 3 N–H and O–H groups in total. The van der Waals surface area contributed by atoms with Crippen molar-refractivity contribution in [3.63, 3.8) is 0 Å². The van der Waals surface area contributed by atoms with Gasteiger partial charge in [0.1, 0.15) is 5.76 Å². The second-order valence-corrected chi connectivity index (χ2v) is 4.99. The molecule has 7 nitrogen and oxygen atoms in total. The first-order valence-electron chi connectivity index (χ1n) is 6.42. The lowest BCUT2D eigenvalue weighted by Gasteiger charge is -2.22. The monoisotopic (exact) mass is 307 g/mol. The highest BCUT2D eigenvalue weighted by Crippen LogP contribution is 2.04. The molecule has 1 amide bonds. The fraction of sp³-hybridized carbons (Fsp3) is 0.308. The van der Waals surface area contributed by atoms with Crippen molar-refractivity contribution in [1.82, 2.24) is 20.2 Å². The van der Waals surface area contributed by atoms with Gasteiger partial charge in [-0.25, -0.2) is 0 Å². The zero-order valence-electron chi connectivity index (χ0n) is 11.7. The molecule has 0 bridgehead atoms. The number of hydrogen-bond donors (Lipinski definition) is 2. The number of thiocarbonyl (C=S) groups is 1. The summed E-state index contributed by atoms with van der Waals surface area (Å²) in [6.07, 6.45) is 5.45. The number of amides is 1. The molecule has 8 heteroatoms. The van der Waals surface area contributed by atoms with E-state index >= 15 is 0 Å². The molecule has 0 spiro atoms. The quantitative estimate of drug-likeness (QED) is 0.631. The standard InChI is InChI=1S/C13H17N5O2S/c1-10-7-15-17(8-10)5-4-12(19)16-18(13(14)21)9-11-3-2-6-20-11/h2-3,6-8H,4-5,9H2,1H3,(H2,14,21)(H,16,19). The van der Waals surface area contributed by atoms with E-state index in [2.05, 4.69) is 10.5 Å². The minimum atomic E-state index is -0.192. The Morgan fingerprint density at radius 3 is 3.00 bits per heavy atom. The molecular weight excluding hydrogens is 290 g/mol. The Bertz CT molecular complexity index is 608. The number of furan rings is 1. The van der Waals surface area contributed by atoms with Crippen LogP contribution < -0.4 is 11.2 Å². The molecular formula is C13H17N5O2S. The van der Waals surface area contributed by atoms with E-state index in [0.29, 0.717) is 12.3 Å². The number of hydrazine groups is 1. The fourth-order valence-electron chi connectivity index (χ4n) is 1.74. The van der Waals surface area contributed by atoms with Crippen LogP contribution in [-0.4, -0.2) is 25.8 Å². The van der Waals surface area contributed by atoms with Crippen molar-refractivity contribution in [1.29, 1.82) is 0 Å². The lowest BCUT2D eigenvalue weighted by atomic mass is 10.4. The van der Waals surface area contributed by atoms with E-state index in [-0.39, 0.29) is 24.0 Å². The lowest BCUT2D eigenvalue weighted by molar-refractivity contribution is -0.124. The number of carbonyl (C=O) groups excluding carboxylic acids is 1. The van der Waals surface area contributed by atoms with Crippen LogP contribution in [0.4, 0.5) is 0 Å². The second kappa shape index (κ2) is 6.89. The average molecular weight is 307 g/mol. The summed E-state index contributed by atoms with van der Waals surface area (Å²) in [7, 11) is 0. The van der Waals surface area contributed by atoms with Crippen LogP contribution in [0, 0.1) is 6.92 Å². The number of nitrogens with two attached hydrogens (primary N) is 1. The third-order valence-corrected chi connectivity index (χ3v) is 2.97. The van der Waals surface area contributed by atoms with Gasteiger partial charge < -0.3 is 10.2 Å². The molecule has 0 aromatic carbocycles. The van der Waals surface area contributed by atoms with Crippen LogP contribution in [0.5, 0.6) is 0 Å². The SMILES string of the molecule is Cc1cnn(CCC(=O)NN(Cc2ccco2)C(N)=S)c1. The molecule has 0 fully saturated rings. The summed E-state index contributed by atoms with van der Waals surface area (Å²) in [5.74, 6) is 0.466.